The minimum absolute atomic E-state index is 0.675. The number of β-amino-alcohol motifs (C(OH)–C–C–N with tert-alkyl or cyclic N) is 1. The van der Waals surface area contributed by atoms with Crippen LogP contribution in [-0.2, 0) is 19.2 Å². The van der Waals surface area contributed by atoms with E-state index in [9.17, 15) is 5.11 Å². The molecule has 1 saturated heterocycles. The van der Waals surface area contributed by atoms with Gasteiger partial charge in [0.2, 0.25) is 0 Å². The third-order valence-corrected chi connectivity index (χ3v) is 4.09. The number of nitrogens with zero attached hydrogens (tertiary/aromatic N) is 3. The number of aliphatic hydroxyl groups is 1. The summed E-state index contributed by atoms with van der Waals surface area (Å²) in [7, 11) is 1.90. The maximum Gasteiger partial charge on any atom is 0.107 e. The molecule has 1 aromatic carbocycles. The standard InChI is InChI=1S/C16H21N3O/c1-13-15(11-18(2)17-13)16(20)8-9-19(12-16)10-14-6-4-3-5-7-14/h3-7,11,20H,8-10,12H2,1-2H3. The molecule has 106 valence electrons. The first-order valence-corrected chi connectivity index (χ1v) is 7.06. The molecular formula is C16H21N3O. The van der Waals surface area contributed by atoms with Gasteiger partial charge in [0.25, 0.3) is 0 Å². The monoisotopic (exact) mass is 271 g/mol. The van der Waals surface area contributed by atoms with Crippen LogP contribution in [0.5, 0.6) is 0 Å². The molecule has 0 radical (unpaired) electrons. The van der Waals surface area contributed by atoms with Crippen molar-refractivity contribution in [2.75, 3.05) is 13.1 Å². The van der Waals surface area contributed by atoms with Gasteiger partial charge in [-0.05, 0) is 18.9 Å². The van der Waals surface area contributed by atoms with Gasteiger partial charge in [-0.2, -0.15) is 5.10 Å². The molecule has 3 rings (SSSR count). The molecule has 0 aliphatic carbocycles. The van der Waals surface area contributed by atoms with Gasteiger partial charge in [-0.1, -0.05) is 30.3 Å². The summed E-state index contributed by atoms with van der Waals surface area (Å²) >= 11 is 0. The smallest absolute Gasteiger partial charge is 0.107 e. The third-order valence-electron chi connectivity index (χ3n) is 4.09. The SMILES string of the molecule is Cc1nn(C)cc1C1(O)CCN(Cc2ccccc2)C1. The highest BCUT2D eigenvalue weighted by Crippen LogP contribution is 2.34. The minimum Gasteiger partial charge on any atom is -0.384 e. The van der Waals surface area contributed by atoms with Crippen molar-refractivity contribution in [2.24, 2.45) is 7.05 Å². The van der Waals surface area contributed by atoms with Gasteiger partial charge in [0, 0.05) is 38.4 Å². The van der Waals surface area contributed by atoms with E-state index in [0.717, 1.165) is 30.8 Å². The van der Waals surface area contributed by atoms with Crippen LogP contribution in [0.15, 0.2) is 36.5 Å². The second-order valence-corrected chi connectivity index (χ2v) is 5.78. The first-order valence-electron chi connectivity index (χ1n) is 7.06. The van der Waals surface area contributed by atoms with E-state index >= 15 is 0 Å². The normalized spacial score (nSPS) is 23.4. The predicted octanol–water partition coefficient (Wildman–Crippen LogP) is 1.82. The van der Waals surface area contributed by atoms with Crippen LogP contribution in [0.3, 0.4) is 0 Å². The van der Waals surface area contributed by atoms with Gasteiger partial charge in [-0.15, -0.1) is 0 Å². The lowest BCUT2D eigenvalue weighted by molar-refractivity contribution is 0.0446. The maximum absolute atomic E-state index is 10.9. The quantitative estimate of drug-likeness (QED) is 0.926. The third kappa shape index (κ3) is 2.49. The van der Waals surface area contributed by atoms with Crippen molar-refractivity contribution >= 4 is 0 Å². The molecule has 1 N–H and O–H groups in total. The van der Waals surface area contributed by atoms with Crippen LogP contribution in [0.4, 0.5) is 0 Å². The number of likely N-dealkylation sites (tertiary alicyclic amines) is 1. The Morgan fingerprint density at radius 3 is 2.70 bits per heavy atom. The molecule has 2 heterocycles. The summed E-state index contributed by atoms with van der Waals surface area (Å²) in [6, 6.07) is 10.4. The van der Waals surface area contributed by atoms with Gasteiger partial charge < -0.3 is 5.11 Å². The van der Waals surface area contributed by atoms with E-state index in [1.54, 1.807) is 4.68 Å². The summed E-state index contributed by atoms with van der Waals surface area (Å²) in [5, 5.41) is 15.3. The number of aromatic nitrogens is 2. The first kappa shape index (κ1) is 13.3. The molecule has 4 heteroatoms. The number of aryl methyl sites for hydroxylation is 2. The highest BCUT2D eigenvalue weighted by Gasteiger charge is 2.39. The average molecular weight is 271 g/mol. The second-order valence-electron chi connectivity index (χ2n) is 5.78. The van der Waals surface area contributed by atoms with Gasteiger partial charge in [0.05, 0.1) is 5.69 Å². The van der Waals surface area contributed by atoms with E-state index in [2.05, 4.69) is 34.3 Å². The zero-order valence-electron chi connectivity index (χ0n) is 12.1. The molecule has 0 amide bonds. The van der Waals surface area contributed by atoms with Crippen molar-refractivity contribution in [3.05, 3.63) is 53.3 Å². The van der Waals surface area contributed by atoms with Crippen molar-refractivity contribution in [1.82, 2.24) is 14.7 Å². The van der Waals surface area contributed by atoms with Crippen molar-refractivity contribution in [3.63, 3.8) is 0 Å². The Labute approximate surface area is 119 Å². The highest BCUT2D eigenvalue weighted by molar-refractivity contribution is 5.26. The van der Waals surface area contributed by atoms with E-state index in [-0.39, 0.29) is 0 Å². The van der Waals surface area contributed by atoms with E-state index in [4.69, 9.17) is 0 Å². The van der Waals surface area contributed by atoms with Crippen LogP contribution in [0.1, 0.15) is 23.2 Å². The molecule has 4 nitrogen and oxygen atoms in total. The molecule has 1 aliphatic rings. The fourth-order valence-electron chi connectivity index (χ4n) is 3.12. The molecule has 1 atom stereocenters. The van der Waals surface area contributed by atoms with Gasteiger partial charge in [0.1, 0.15) is 5.60 Å². The van der Waals surface area contributed by atoms with Gasteiger partial charge in [-0.25, -0.2) is 0 Å². The molecule has 0 spiro atoms. The largest absolute Gasteiger partial charge is 0.384 e. The number of benzene rings is 1. The van der Waals surface area contributed by atoms with Gasteiger partial charge >= 0.3 is 0 Å². The minimum atomic E-state index is -0.757. The fraction of sp³-hybridized carbons (Fsp3) is 0.438. The van der Waals surface area contributed by atoms with Gasteiger partial charge in [0.15, 0.2) is 0 Å². The lowest BCUT2D eigenvalue weighted by Crippen LogP contribution is -2.30. The summed E-state index contributed by atoms with van der Waals surface area (Å²) in [6.45, 7) is 4.45. The molecular weight excluding hydrogens is 250 g/mol. The molecule has 2 aromatic rings. The van der Waals surface area contributed by atoms with Crippen molar-refractivity contribution < 1.29 is 5.11 Å². The summed E-state index contributed by atoms with van der Waals surface area (Å²) < 4.78 is 1.78. The zero-order chi connectivity index (χ0) is 14.2. The van der Waals surface area contributed by atoms with Crippen molar-refractivity contribution in [2.45, 2.75) is 25.5 Å². The molecule has 1 aliphatic heterocycles. The highest BCUT2D eigenvalue weighted by atomic mass is 16.3. The van der Waals surface area contributed by atoms with Crippen LogP contribution < -0.4 is 0 Å². The van der Waals surface area contributed by atoms with Crippen LogP contribution in [-0.4, -0.2) is 32.9 Å². The van der Waals surface area contributed by atoms with E-state index < -0.39 is 5.60 Å². The average Bonchev–Trinajstić information content (AvgIpc) is 2.95. The summed E-state index contributed by atoms with van der Waals surface area (Å²) in [6.07, 6.45) is 2.72. The number of hydrogen-bond acceptors (Lipinski definition) is 3. The Bertz CT molecular complexity index is 593. The molecule has 1 fully saturated rings. The fourth-order valence-corrected chi connectivity index (χ4v) is 3.12. The van der Waals surface area contributed by atoms with Crippen LogP contribution >= 0.6 is 0 Å². The van der Waals surface area contributed by atoms with Crippen LogP contribution in [0.25, 0.3) is 0 Å². The Kier molecular flexibility index (Phi) is 3.36. The summed E-state index contributed by atoms with van der Waals surface area (Å²) in [4.78, 5) is 2.31. The maximum atomic E-state index is 10.9. The Morgan fingerprint density at radius 2 is 2.05 bits per heavy atom. The van der Waals surface area contributed by atoms with Crippen molar-refractivity contribution in [1.29, 1.82) is 0 Å². The number of rotatable bonds is 3. The molecule has 0 saturated carbocycles. The molecule has 20 heavy (non-hydrogen) atoms. The molecule has 0 bridgehead atoms. The molecule has 1 unspecified atom stereocenters. The lowest BCUT2D eigenvalue weighted by Gasteiger charge is -2.23. The van der Waals surface area contributed by atoms with Crippen LogP contribution in [0, 0.1) is 6.92 Å². The lowest BCUT2D eigenvalue weighted by atomic mass is 9.94. The Morgan fingerprint density at radius 1 is 1.30 bits per heavy atom. The van der Waals surface area contributed by atoms with Gasteiger partial charge in [-0.3, -0.25) is 9.58 Å². The van der Waals surface area contributed by atoms with Crippen molar-refractivity contribution in [3.8, 4) is 0 Å². The first-order chi connectivity index (χ1) is 9.57. The van der Waals surface area contributed by atoms with E-state index in [0.29, 0.717) is 6.54 Å². The van der Waals surface area contributed by atoms with E-state index in [1.165, 1.54) is 5.56 Å². The topological polar surface area (TPSA) is 41.3 Å². The number of hydrogen-bond donors (Lipinski definition) is 1. The molecule has 1 aromatic heterocycles. The second kappa shape index (κ2) is 5.04. The van der Waals surface area contributed by atoms with E-state index in [1.807, 2.05) is 26.2 Å². The summed E-state index contributed by atoms with van der Waals surface area (Å²) in [5.41, 5.74) is 2.43. The Hall–Kier alpha value is -1.65. The Balaban J connectivity index is 1.74. The zero-order valence-corrected chi connectivity index (χ0v) is 12.1. The van der Waals surface area contributed by atoms with Crippen LogP contribution in [0.2, 0.25) is 0 Å². The summed E-state index contributed by atoms with van der Waals surface area (Å²) in [5.74, 6) is 0. The predicted molar refractivity (Wildman–Crippen MR) is 78.2 cm³/mol.